The normalized spacial score (nSPS) is 11.2. The third kappa shape index (κ3) is 5.04. The topological polar surface area (TPSA) is 56.9 Å². The van der Waals surface area contributed by atoms with Crippen molar-refractivity contribution < 1.29 is 9.18 Å². The highest BCUT2D eigenvalue weighted by Gasteiger charge is 2.21. The second kappa shape index (κ2) is 10.3. The highest BCUT2D eigenvalue weighted by atomic mass is 35.5. The summed E-state index contributed by atoms with van der Waals surface area (Å²) in [5, 5.41) is 0.841. The smallest absolute Gasteiger partial charge is 0.278 e. The molecule has 0 radical (unpaired) electrons. The number of benzene rings is 3. The first-order chi connectivity index (χ1) is 17.7. The van der Waals surface area contributed by atoms with Crippen LogP contribution in [0.3, 0.4) is 0 Å². The molecule has 0 aliphatic heterocycles. The summed E-state index contributed by atoms with van der Waals surface area (Å²) in [5.41, 5.74) is 3.14. The molecule has 0 amide bonds. The summed E-state index contributed by atoms with van der Waals surface area (Å²) in [7, 11) is 0. The maximum Gasteiger partial charge on any atom is 0.278 e. The van der Waals surface area contributed by atoms with E-state index in [4.69, 9.17) is 28.8 Å². The molecular formula is C27H19ClFN3O2S3. The van der Waals surface area contributed by atoms with Crippen LogP contribution in [0.1, 0.15) is 21.5 Å². The number of thioether (sulfide) groups is 1. The molecule has 5 aromatic rings. The van der Waals surface area contributed by atoms with E-state index in [9.17, 15) is 14.0 Å². The second-order valence-electron chi connectivity index (χ2n) is 8.40. The van der Waals surface area contributed by atoms with Crippen LogP contribution in [-0.4, -0.2) is 25.7 Å². The summed E-state index contributed by atoms with van der Waals surface area (Å²) in [6.45, 7) is 3.80. The van der Waals surface area contributed by atoms with Crippen LogP contribution in [0.15, 0.2) is 76.7 Å². The first kappa shape index (κ1) is 25.5. The number of ketones is 1. The predicted molar refractivity (Wildman–Crippen MR) is 151 cm³/mol. The van der Waals surface area contributed by atoms with Crippen molar-refractivity contribution in [2.75, 3.05) is 5.75 Å². The van der Waals surface area contributed by atoms with Crippen LogP contribution < -0.4 is 5.56 Å². The Morgan fingerprint density at radius 1 is 1.03 bits per heavy atom. The van der Waals surface area contributed by atoms with E-state index in [1.165, 1.54) is 15.2 Å². The number of carbonyl (C=O) groups is 1. The Bertz CT molecular complexity index is 1780. The maximum absolute atomic E-state index is 14.9. The van der Waals surface area contributed by atoms with E-state index >= 15 is 0 Å². The predicted octanol–water partition coefficient (Wildman–Crippen LogP) is 7.35. The van der Waals surface area contributed by atoms with Crippen molar-refractivity contribution in [2.45, 2.75) is 19.0 Å². The Kier molecular flexibility index (Phi) is 7.13. The first-order valence-electron chi connectivity index (χ1n) is 11.2. The molecule has 0 bridgehead atoms. The van der Waals surface area contributed by atoms with Crippen LogP contribution >= 0.6 is 46.9 Å². The van der Waals surface area contributed by atoms with E-state index in [-0.39, 0.29) is 28.4 Å². The van der Waals surface area contributed by atoms with Crippen LogP contribution in [0.25, 0.3) is 21.7 Å². The van der Waals surface area contributed by atoms with E-state index in [2.05, 4.69) is 0 Å². The minimum Gasteiger partial charge on any atom is -0.293 e. The molecule has 37 heavy (non-hydrogen) atoms. The zero-order valence-corrected chi connectivity index (χ0v) is 22.9. The Morgan fingerprint density at radius 3 is 2.41 bits per heavy atom. The van der Waals surface area contributed by atoms with Gasteiger partial charge in [0.2, 0.25) is 0 Å². The van der Waals surface area contributed by atoms with Gasteiger partial charge in [-0.25, -0.2) is 9.37 Å². The van der Waals surface area contributed by atoms with E-state index < -0.39 is 5.82 Å². The number of nitrogens with zero attached hydrogens (tertiary/aromatic N) is 3. The lowest BCUT2D eigenvalue weighted by Crippen LogP contribution is -2.22. The van der Waals surface area contributed by atoms with Crippen LogP contribution in [0.4, 0.5) is 4.39 Å². The highest BCUT2D eigenvalue weighted by Crippen LogP contribution is 2.29. The third-order valence-electron chi connectivity index (χ3n) is 5.71. The van der Waals surface area contributed by atoms with Gasteiger partial charge >= 0.3 is 0 Å². The summed E-state index contributed by atoms with van der Waals surface area (Å²) in [6.07, 6.45) is 0. The molecule has 5 rings (SSSR count). The van der Waals surface area contributed by atoms with Crippen LogP contribution in [0.2, 0.25) is 5.02 Å². The van der Waals surface area contributed by atoms with Crippen molar-refractivity contribution in [2.24, 2.45) is 0 Å². The fraction of sp³-hybridized carbons (Fsp3) is 0.111. The fourth-order valence-electron chi connectivity index (χ4n) is 3.81. The number of thiazole rings is 1. The number of Topliss-reactive ketones (excluding diaryl/α,β-unsaturated/α-hetero) is 1. The van der Waals surface area contributed by atoms with E-state index in [0.717, 1.165) is 34.2 Å². The standard InChI is InChI=1S/C27H19ClFN3O2S3/c1-15-3-10-19(11-4-15)31-25(34)23-24(32(27(35)37-23)21-13-16(2)5-12-20(21)29)30-26(31)36-14-22(33)17-6-8-18(28)9-7-17/h3-13H,14H2,1-2H3. The lowest BCUT2D eigenvalue weighted by atomic mass is 10.1. The van der Waals surface area contributed by atoms with Crippen molar-refractivity contribution in [3.8, 4) is 11.4 Å². The molecule has 3 aromatic carbocycles. The van der Waals surface area contributed by atoms with Gasteiger partial charge in [0, 0.05) is 10.6 Å². The SMILES string of the molecule is Cc1ccc(-n2c(SCC(=O)c3ccc(Cl)cc3)nc3c(sc(=S)n3-c3cc(C)ccc3F)c2=O)cc1. The number of rotatable bonds is 6. The summed E-state index contributed by atoms with van der Waals surface area (Å²) in [5.74, 6) is -0.578. The Labute approximate surface area is 230 Å². The summed E-state index contributed by atoms with van der Waals surface area (Å²) >= 11 is 13.7. The molecule has 0 unspecified atom stereocenters. The Balaban J connectivity index is 1.69. The number of hydrogen-bond donors (Lipinski definition) is 0. The van der Waals surface area contributed by atoms with Gasteiger partial charge < -0.3 is 0 Å². The average Bonchev–Trinajstić information content (AvgIpc) is 3.21. The van der Waals surface area contributed by atoms with Gasteiger partial charge in [0.25, 0.3) is 5.56 Å². The second-order valence-corrected chi connectivity index (χ2v) is 11.4. The molecule has 2 heterocycles. The highest BCUT2D eigenvalue weighted by molar-refractivity contribution is 7.99. The van der Waals surface area contributed by atoms with Crippen molar-refractivity contribution >= 4 is 63.0 Å². The number of fused-ring (bicyclic) bond motifs is 1. The number of hydrogen-bond acceptors (Lipinski definition) is 6. The fourth-order valence-corrected chi connectivity index (χ4v) is 6.12. The van der Waals surface area contributed by atoms with Crippen molar-refractivity contribution in [1.82, 2.24) is 14.1 Å². The molecule has 0 spiro atoms. The maximum atomic E-state index is 14.9. The largest absolute Gasteiger partial charge is 0.293 e. The molecule has 5 nitrogen and oxygen atoms in total. The Hall–Kier alpha value is -3.11. The van der Waals surface area contributed by atoms with Crippen LogP contribution in [0.5, 0.6) is 0 Å². The molecule has 2 aromatic heterocycles. The average molecular weight is 568 g/mol. The van der Waals surface area contributed by atoms with Gasteiger partial charge in [-0.3, -0.25) is 18.7 Å². The van der Waals surface area contributed by atoms with Gasteiger partial charge in [-0.05, 0) is 80.2 Å². The number of halogens is 2. The van der Waals surface area contributed by atoms with Gasteiger partial charge in [0.05, 0.1) is 17.1 Å². The van der Waals surface area contributed by atoms with Gasteiger partial charge in [-0.15, -0.1) is 0 Å². The lowest BCUT2D eigenvalue weighted by Gasteiger charge is -2.13. The van der Waals surface area contributed by atoms with Crippen molar-refractivity contribution in [3.63, 3.8) is 0 Å². The van der Waals surface area contributed by atoms with Crippen LogP contribution in [0, 0.1) is 23.6 Å². The van der Waals surface area contributed by atoms with Crippen molar-refractivity contribution in [3.05, 3.63) is 109 Å². The molecule has 0 aliphatic carbocycles. The molecule has 0 saturated heterocycles. The minimum absolute atomic E-state index is 0.0368. The van der Waals surface area contributed by atoms with Crippen LogP contribution in [-0.2, 0) is 0 Å². The molecular weight excluding hydrogens is 549 g/mol. The monoisotopic (exact) mass is 567 g/mol. The molecule has 0 saturated carbocycles. The van der Waals surface area contributed by atoms with Crippen molar-refractivity contribution in [1.29, 1.82) is 0 Å². The van der Waals surface area contributed by atoms with Gasteiger partial charge in [0.15, 0.2) is 20.5 Å². The Morgan fingerprint density at radius 2 is 1.70 bits per heavy atom. The number of aromatic nitrogens is 3. The number of aryl methyl sites for hydroxylation is 2. The first-order valence-corrected chi connectivity index (χ1v) is 13.8. The van der Waals surface area contributed by atoms with E-state index in [0.29, 0.717) is 30.1 Å². The van der Waals surface area contributed by atoms with E-state index in [1.807, 2.05) is 38.1 Å². The minimum atomic E-state index is -0.474. The van der Waals surface area contributed by atoms with Gasteiger partial charge in [-0.1, -0.05) is 58.5 Å². The summed E-state index contributed by atoms with van der Waals surface area (Å²) in [6, 6.07) is 18.8. The van der Waals surface area contributed by atoms with Gasteiger partial charge in [0.1, 0.15) is 10.5 Å². The van der Waals surface area contributed by atoms with Gasteiger partial charge in [-0.2, -0.15) is 0 Å². The quantitative estimate of drug-likeness (QED) is 0.0929. The van der Waals surface area contributed by atoms with E-state index in [1.54, 1.807) is 36.4 Å². The molecule has 10 heteroatoms. The molecule has 0 atom stereocenters. The lowest BCUT2D eigenvalue weighted by molar-refractivity contribution is 0.102. The third-order valence-corrected chi connectivity index (χ3v) is 8.25. The summed E-state index contributed by atoms with van der Waals surface area (Å²) in [4.78, 5) is 31.5. The molecule has 0 aliphatic rings. The molecule has 186 valence electrons. The molecule has 0 fully saturated rings. The molecule has 0 N–H and O–H groups in total. The summed E-state index contributed by atoms with van der Waals surface area (Å²) < 4.78 is 18.4. The zero-order valence-electron chi connectivity index (χ0n) is 19.7. The zero-order chi connectivity index (χ0) is 26.3. The number of carbonyl (C=O) groups excluding carboxylic acids is 1.